The molecule has 10 heteroatoms. The minimum atomic E-state index is -0.459. The van der Waals surface area contributed by atoms with E-state index in [1.807, 2.05) is 19.9 Å². The van der Waals surface area contributed by atoms with Gasteiger partial charge in [0.25, 0.3) is 11.8 Å². The van der Waals surface area contributed by atoms with Crippen molar-refractivity contribution in [2.75, 3.05) is 5.32 Å². The summed E-state index contributed by atoms with van der Waals surface area (Å²) in [5.41, 5.74) is 1.88. The first-order valence-corrected chi connectivity index (χ1v) is 12.0. The van der Waals surface area contributed by atoms with Crippen LogP contribution in [0.3, 0.4) is 0 Å². The zero-order valence-electron chi connectivity index (χ0n) is 17.3. The number of hydrogen-bond donors (Lipinski definition) is 2. The summed E-state index contributed by atoms with van der Waals surface area (Å²) in [4.78, 5) is 30.5. The third-order valence-electron chi connectivity index (χ3n) is 5.26. The predicted octanol–water partition coefficient (Wildman–Crippen LogP) is 5.53. The second-order valence-corrected chi connectivity index (χ2v) is 9.87. The summed E-state index contributed by atoms with van der Waals surface area (Å²) < 4.78 is 2.42. The first-order chi connectivity index (χ1) is 15.2. The van der Waals surface area contributed by atoms with E-state index in [-0.39, 0.29) is 17.6 Å². The second kappa shape index (κ2) is 9.33. The van der Waals surface area contributed by atoms with Gasteiger partial charge in [-0.2, -0.15) is 5.10 Å². The lowest BCUT2D eigenvalue weighted by atomic mass is 10.1. The van der Waals surface area contributed by atoms with Crippen molar-refractivity contribution in [3.8, 4) is 5.82 Å². The number of hydrogen-bond acceptors (Lipinski definition) is 4. The van der Waals surface area contributed by atoms with Crippen molar-refractivity contribution in [2.24, 2.45) is 5.92 Å². The van der Waals surface area contributed by atoms with Crippen LogP contribution in [-0.2, 0) is 0 Å². The van der Waals surface area contributed by atoms with Gasteiger partial charge in [0.05, 0.1) is 16.3 Å². The number of aromatic nitrogens is 3. The first-order valence-electron chi connectivity index (χ1n) is 10.0. The van der Waals surface area contributed by atoms with Gasteiger partial charge in [-0.25, -0.2) is 9.67 Å². The van der Waals surface area contributed by atoms with Crippen LogP contribution in [0.4, 0.5) is 5.69 Å². The van der Waals surface area contributed by atoms with E-state index in [1.54, 1.807) is 30.5 Å². The molecule has 0 spiro atoms. The Labute approximate surface area is 207 Å². The van der Waals surface area contributed by atoms with Crippen molar-refractivity contribution in [3.05, 3.63) is 67.4 Å². The van der Waals surface area contributed by atoms with Gasteiger partial charge in [-0.15, -0.1) is 0 Å². The van der Waals surface area contributed by atoms with Crippen molar-refractivity contribution in [1.29, 1.82) is 0 Å². The predicted molar refractivity (Wildman–Crippen MR) is 131 cm³/mol. The number of pyridine rings is 1. The molecule has 7 nitrogen and oxygen atoms in total. The van der Waals surface area contributed by atoms with Gasteiger partial charge in [0.1, 0.15) is 10.3 Å². The van der Waals surface area contributed by atoms with Gasteiger partial charge in [0.2, 0.25) is 0 Å². The van der Waals surface area contributed by atoms with E-state index < -0.39 is 5.91 Å². The van der Waals surface area contributed by atoms with Gasteiger partial charge >= 0.3 is 0 Å². The molecule has 0 bridgehead atoms. The zero-order chi connectivity index (χ0) is 23.0. The van der Waals surface area contributed by atoms with E-state index in [1.165, 1.54) is 4.68 Å². The van der Waals surface area contributed by atoms with Crippen LogP contribution < -0.4 is 10.6 Å². The molecule has 1 atom stereocenters. The molecule has 3 aromatic rings. The fourth-order valence-corrected chi connectivity index (χ4v) is 4.68. The largest absolute Gasteiger partial charge is 0.349 e. The highest BCUT2D eigenvalue weighted by Crippen LogP contribution is 2.34. The lowest BCUT2D eigenvalue weighted by molar-refractivity contribution is 0.0936. The van der Waals surface area contributed by atoms with Gasteiger partial charge in [-0.05, 0) is 94.3 Å². The molecule has 1 aliphatic rings. The lowest BCUT2D eigenvalue weighted by Gasteiger charge is -2.17. The van der Waals surface area contributed by atoms with E-state index in [9.17, 15) is 9.59 Å². The average Bonchev–Trinajstić information content (AvgIpc) is 3.52. The summed E-state index contributed by atoms with van der Waals surface area (Å²) in [5.74, 6) is 0.148. The summed E-state index contributed by atoms with van der Waals surface area (Å²) in [6.07, 6.45) is 3.81. The number of anilines is 1. The summed E-state index contributed by atoms with van der Waals surface area (Å²) in [6.45, 7) is 3.90. The molecule has 166 valence electrons. The molecule has 32 heavy (non-hydrogen) atoms. The van der Waals surface area contributed by atoms with Crippen LogP contribution in [-0.4, -0.2) is 32.6 Å². The van der Waals surface area contributed by atoms with E-state index in [0.717, 1.165) is 18.4 Å². The maximum Gasteiger partial charge on any atom is 0.274 e. The van der Waals surface area contributed by atoms with Crippen LogP contribution in [0.2, 0.25) is 5.02 Å². The standard InChI is InChI=1S/C22H20Br2ClN5O2/c1-11-8-14(21(31)27-12(2)13-5-6-13)19(15(23)9-11)28-22(32)17-10-18(24)29-30(17)20-16(25)4-3-7-26-20/h3-4,7-10,12-13H,5-6H2,1-2H3,(H,27,31)(H,28,32). The Kier molecular flexibility index (Phi) is 6.69. The topological polar surface area (TPSA) is 88.9 Å². The van der Waals surface area contributed by atoms with E-state index >= 15 is 0 Å². The highest BCUT2D eigenvalue weighted by atomic mass is 79.9. The molecule has 4 rings (SSSR count). The first kappa shape index (κ1) is 22.9. The molecule has 2 N–H and O–H groups in total. The number of nitrogens with zero attached hydrogens (tertiary/aromatic N) is 3. The number of carbonyl (C=O) groups is 2. The number of nitrogens with one attached hydrogen (secondary N) is 2. The molecule has 0 saturated heterocycles. The van der Waals surface area contributed by atoms with Crippen molar-refractivity contribution in [2.45, 2.75) is 32.7 Å². The number of carbonyl (C=O) groups excluding carboxylic acids is 2. The third-order valence-corrected chi connectivity index (χ3v) is 6.57. The molecule has 1 unspecified atom stereocenters. The summed E-state index contributed by atoms with van der Waals surface area (Å²) in [6, 6.07) is 8.62. The highest BCUT2D eigenvalue weighted by molar-refractivity contribution is 9.10. The summed E-state index contributed by atoms with van der Waals surface area (Å²) in [7, 11) is 0. The Morgan fingerprint density at radius 2 is 1.97 bits per heavy atom. The van der Waals surface area contributed by atoms with Crippen molar-refractivity contribution >= 4 is 61.0 Å². The Balaban J connectivity index is 1.67. The number of aryl methyl sites for hydroxylation is 1. The van der Waals surface area contributed by atoms with E-state index in [2.05, 4.69) is 52.6 Å². The Morgan fingerprint density at radius 1 is 1.22 bits per heavy atom. The highest BCUT2D eigenvalue weighted by Gasteiger charge is 2.30. The fraction of sp³-hybridized carbons (Fsp3) is 0.273. The van der Waals surface area contributed by atoms with Crippen molar-refractivity contribution < 1.29 is 9.59 Å². The molecular weight excluding hydrogens is 562 g/mol. The molecule has 1 aliphatic carbocycles. The van der Waals surface area contributed by atoms with Crippen LogP contribution in [0.1, 0.15) is 46.2 Å². The second-order valence-electron chi connectivity index (χ2n) is 7.80. The zero-order valence-corrected chi connectivity index (χ0v) is 21.3. The number of rotatable bonds is 6. The van der Waals surface area contributed by atoms with Crippen molar-refractivity contribution in [3.63, 3.8) is 0 Å². The van der Waals surface area contributed by atoms with Gasteiger partial charge in [-0.3, -0.25) is 9.59 Å². The maximum absolute atomic E-state index is 13.3. The SMILES string of the molecule is Cc1cc(Br)c(NC(=O)c2cc(Br)nn2-c2ncccc2Cl)c(C(=O)NC(C)C2CC2)c1. The minimum Gasteiger partial charge on any atom is -0.349 e. The summed E-state index contributed by atoms with van der Waals surface area (Å²) >= 11 is 13.1. The normalized spacial score (nSPS) is 14.2. The molecular formula is C22H20Br2ClN5O2. The molecule has 2 amide bonds. The fourth-order valence-electron chi connectivity index (χ4n) is 3.43. The Bertz CT molecular complexity index is 1210. The number of amides is 2. The Hall–Kier alpha value is -2.23. The third kappa shape index (κ3) is 4.89. The quantitative estimate of drug-likeness (QED) is 0.401. The maximum atomic E-state index is 13.3. The monoisotopic (exact) mass is 579 g/mol. The van der Waals surface area contributed by atoms with Crippen LogP contribution in [0.15, 0.2) is 45.6 Å². The lowest BCUT2D eigenvalue weighted by Crippen LogP contribution is -2.34. The van der Waals surface area contributed by atoms with Gasteiger partial charge in [0.15, 0.2) is 5.82 Å². The van der Waals surface area contributed by atoms with Crippen LogP contribution in [0.5, 0.6) is 0 Å². The molecule has 1 fully saturated rings. The van der Waals surface area contributed by atoms with Crippen LogP contribution in [0, 0.1) is 12.8 Å². The van der Waals surface area contributed by atoms with Gasteiger partial charge in [0, 0.05) is 22.8 Å². The smallest absolute Gasteiger partial charge is 0.274 e. The average molecular weight is 582 g/mol. The van der Waals surface area contributed by atoms with Gasteiger partial charge < -0.3 is 10.6 Å². The molecule has 0 aliphatic heterocycles. The van der Waals surface area contributed by atoms with Crippen molar-refractivity contribution in [1.82, 2.24) is 20.1 Å². The van der Waals surface area contributed by atoms with E-state index in [4.69, 9.17) is 11.6 Å². The summed E-state index contributed by atoms with van der Waals surface area (Å²) in [5, 5.41) is 10.6. The molecule has 2 aromatic heterocycles. The van der Waals surface area contributed by atoms with Gasteiger partial charge in [-0.1, -0.05) is 11.6 Å². The molecule has 1 aromatic carbocycles. The number of benzene rings is 1. The number of halogens is 3. The molecule has 1 saturated carbocycles. The minimum absolute atomic E-state index is 0.0778. The Morgan fingerprint density at radius 3 is 2.66 bits per heavy atom. The van der Waals surface area contributed by atoms with E-state index in [0.29, 0.717) is 37.1 Å². The molecule has 0 radical (unpaired) electrons. The van der Waals surface area contributed by atoms with Crippen LogP contribution >= 0.6 is 43.5 Å². The molecule has 2 heterocycles. The van der Waals surface area contributed by atoms with Crippen LogP contribution in [0.25, 0.3) is 5.82 Å².